The molecule has 1 aromatic carbocycles. The van der Waals surface area contributed by atoms with Gasteiger partial charge in [0, 0.05) is 29.9 Å². The third kappa shape index (κ3) is 3.15. The molecule has 33 heavy (non-hydrogen) atoms. The molecule has 10 nitrogen and oxygen atoms in total. The van der Waals surface area contributed by atoms with E-state index in [2.05, 4.69) is 21.1 Å². The highest BCUT2D eigenvalue weighted by Crippen LogP contribution is 2.35. The average Bonchev–Trinajstić information content (AvgIpc) is 3.23. The van der Waals surface area contributed by atoms with Crippen molar-refractivity contribution >= 4 is 5.82 Å². The van der Waals surface area contributed by atoms with Crippen molar-refractivity contribution in [2.24, 2.45) is 7.05 Å². The van der Waals surface area contributed by atoms with Gasteiger partial charge >= 0.3 is 5.69 Å². The minimum absolute atomic E-state index is 0.137. The van der Waals surface area contributed by atoms with Crippen LogP contribution in [0.15, 0.2) is 35.3 Å². The zero-order valence-corrected chi connectivity index (χ0v) is 18.1. The Hall–Kier alpha value is -4.46. The Morgan fingerprint density at radius 1 is 1.33 bits per heavy atom. The van der Waals surface area contributed by atoms with Gasteiger partial charge < -0.3 is 10.5 Å². The molecule has 4 aromatic rings. The first kappa shape index (κ1) is 20.4. The third-order valence-electron chi connectivity index (χ3n) is 5.71. The van der Waals surface area contributed by atoms with Gasteiger partial charge in [0.1, 0.15) is 29.5 Å². The molecule has 0 saturated heterocycles. The minimum atomic E-state index is -0.686. The lowest BCUT2D eigenvalue weighted by Gasteiger charge is -2.22. The molecule has 1 aliphatic heterocycles. The summed E-state index contributed by atoms with van der Waals surface area (Å²) in [6.45, 7) is 3.56. The Morgan fingerprint density at radius 2 is 2.12 bits per heavy atom. The van der Waals surface area contributed by atoms with Crippen molar-refractivity contribution in [2.75, 3.05) is 5.73 Å². The average molecular weight is 446 g/mol. The molecule has 0 aliphatic carbocycles. The molecule has 1 aliphatic rings. The first-order valence-electron chi connectivity index (χ1n) is 10.1. The van der Waals surface area contributed by atoms with Gasteiger partial charge in [-0.15, -0.1) is 0 Å². The van der Waals surface area contributed by atoms with Crippen LogP contribution in [0.1, 0.15) is 35.8 Å². The van der Waals surface area contributed by atoms with E-state index in [0.717, 1.165) is 0 Å². The quantitative estimate of drug-likeness (QED) is 0.438. The summed E-state index contributed by atoms with van der Waals surface area (Å²) in [4.78, 5) is 21.2. The second-order valence-electron chi connectivity index (χ2n) is 7.79. The van der Waals surface area contributed by atoms with E-state index >= 15 is 0 Å². The highest BCUT2D eigenvalue weighted by atomic mass is 19.1. The number of rotatable bonds is 0. The number of fused-ring (bicyclic) bond motifs is 7. The van der Waals surface area contributed by atoms with Crippen molar-refractivity contribution in [3.05, 3.63) is 69.5 Å². The van der Waals surface area contributed by atoms with Crippen molar-refractivity contribution in [1.82, 2.24) is 29.1 Å². The monoisotopic (exact) mass is 446 g/mol. The highest BCUT2D eigenvalue weighted by molar-refractivity contribution is 5.73. The van der Waals surface area contributed by atoms with Gasteiger partial charge in [-0.2, -0.15) is 20.0 Å². The number of aryl methyl sites for hydroxylation is 2. The standard InChI is InChI=1S/C22H19FN8O2/c1-11-15-7-14(23)4-5-17(15)31-22(32)27-12(2)30(31)10-16-20(18(8-24)29(3)28-16)13-6-19(33-11)21(25)26-9-13/h4-7,9,11H,10H2,1-3H3,(H2,25,26)/t11-/m1/s1. The van der Waals surface area contributed by atoms with Crippen molar-refractivity contribution in [3.8, 4) is 28.6 Å². The summed E-state index contributed by atoms with van der Waals surface area (Å²) < 4.78 is 24.8. The number of nitrogens with two attached hydrogens (primary N) is 1. The summed E-state index contributed by atoms with van der Waals surface area (Å²) in [6, 6.07) is 7.96. The van der Waals surface area contributed by atoms with Gasteiger partial charge in [-0.3, -0.25) is 9.36 Å². The van der Waals surface area contributed by atoms with Crippen molar-refractivity contribution in [3.63, 3.8) is 0 Å². The Balaban J connectivity index is 1.89. The SMILES string of the molecule is Cc1nc(=O)n2n1Cc1nn(C)c(C#N)c1-c1cnc(N)c(c1)O[C@H](C)c1cc(F)ccc1-2. The van der Waals surface area contributed by atoms with E-state index in [-0.39, 0.29) is 18.1 Å². The second-order valence-corrected chi connectivity index (χ2v) is 7.79. The van der Waals surface area contributed by atoms with Crippen LogP contribution in [0.5, 0.6) is 5.75 Å². The Bertz CT molecular complexity index is 1520. The molecule has 2 N–H and O–H groups in total. The zero-order chi connectivity index (χ0) is 23.4. The largest absolute Gasteiger partial charge is 0.482 e. The number of nitrogens with zero attached hydrogens (tertiary/aromatic N) is 7. The molecule has 2 bridgehead atoms. The topological polar surface area (TPSA) is 130 Å². The van der Waals surface area contributed by atoms with Crippen molar-refractivity contribution in [2.45, 2.75) is 26.5 Å². The molecule has 166 valence electrons. The maximum Gasteiger partial charge on any atom is 0.368 e. The molecule has 11 heteroatoms. The van der Waals surface area contributed by atoms with Crippen LogP contribution in [0, 0.1) is 24.1 Å². The molecule has 1 atom stereocenters. The number of nitriles is 1. The van der Waals surface area contributed by atoms with Gasteiger partial charge in [-0.25, -0.2) is 14.2 Å². The zero-order valence-electron chi connectivity index (χ0n) is 18.1. The van der Waals surface area contributed by atoms with Crippen LogP contribution in [0.3, 0.4) is 0 Å². The molecular weight excluding hydrogens is 427 g/mol. The van der Waals surface area contributed by atoms with Crippen LogP contribution in [-0.2, 0) is 13.6 Å². The summed E-state index contributed by atoms with van der Waals surface area (Å²) in [6.07, 6.45) is 0.857. The fourth-order valence-electron chi connectivity index (χ4n) is 4.16. The number of hydrogen-bond donors (Lipinski definition) is 1. The van der Waals surface area contributed by atoms with E-state index in [1.54, 1.807) is 37.8 Å². The van der Waals surface area contributed by atoms with Gasteiger partial charge in [0.15, 0.2) is 11.6 Å². The molecule has 0 fully saturated rings. The smallest absolute Gasteiger partial charge is 0.368 e. The predicted octanol–water partition coefficient (Wildman–Crippen LogP) is 2.23. The first-order chi connectivity index (χ1) is 15.8. The van der Waals surface area contributed by atoms with Crippen LogP contribution in [0.25, 0.3) is 16.8 Å². The Kier molecular flexibility index (Phi) is 4.52. The number of ether oxygens (including phenoxy) is 1. The lowest BCUT2D eigenvalue weighted by atomic mass is 10.0. The number of aromatic nitrogens is 6. The van der Waals surface area contributed by atoms with Crippen LogP contribution in [-0.4, -0.2) is 29.1 Å². The highest BCUT2D eigenvalue weighted by Gasteiger charge is 2.26. The van der Waals surface area contributed by atoms with Gasteiger partial charge in [0.05, 0.1) is 17.9 Å². The summed E-state index contributed by atoms with van der Waals surface area (Å²) in [5.41, 5.74) is 8.36. The first-order valence-corrected chi connectivity index (χ1v) is 10.1. The fourth-order valence-corrected chi connectivity index (χ4v) is 4.16. The van der Waals surface area contributed by atoms with Gasteiger partial charge in [0.2, 0.25) is 0 Å². The number of pyridine rings is 1. The lowest BCUT2D eigenvalue weighted by molar-refractivity contribution is 0.226. The van der Waals surface area contributed by atoms with E-state index in [9.17, 15) is 14.4 Å². The van der Waals surface area contributed by atoms with Gasteiger partial charge in [0.25, 0.3) is 0 Å². The van der Waals surface area contributed by atoms with E-state index in [1.807, 2.05) is 0 Å². The number of hydrogen-bond acceptors (Lipinski definition) is 7. The second kappa shape index (κ2) is 7.30. The Labute approximate surface area is 187 Å². The van der Waals surface area contributed by atoms with Crippen LogP contribution >= 0.6 is 0 Å². The van der Waals surface area contributed by atoms with E-state index in [1.165, 1.54) is 27.6 Å². The van der Waals surface area contributed by atoms with Crippen LogP contribution in [0.2, 0.25) is 0 Å². The number of benzene rings is 1. The number of nitrogen functional groups attached to an aromatic ring is 1. The molecule has 5 rings (SSSR count). The predicted molar refractivity (Wildman–Crippen MR) is 116 cm³/mol. The number of halogens is 1. The van der Waals surface area contributed by atoms with Gasteiger partial charge in [-0.05, 0) is 38.1 Å². The van der Waals surface area contributed by atoms with E-state index < -0.39 is 17.6 Å². The molecule has 0 amide bonds. The van der Waals surface area contributed by atoms with Gasteiger partial charge in [-0.1, -0.05) is 0 Å². The summed E-state index contributed by atoms with van der Waals surface area (Å²) in [7, 11) is 1.67. The lowest BCUT2D eigenvalue weighted by Crippen LogP contribution is -2.25. The van der Waals surface area contributed by atoms with E-state index in [0.29, 0.717) is 39.6 Å². The summed E-state index contributed by atoms with van der Waals surface area (Å²) in [5.74, 6) is 0.374. The molecule has 0 spiro atoms. The van der Waals surface area contributed by atoms with Crippen molar-refractivity contribution < 1.29 is 9.13 Å². The van der Waals surface area contributed by atoms with E-state index in [4.69, 9.17) is 10.5 Å². The molecular formula is C22H19FN8O2. The molecule has 3 aromatic heterocycles. The molecule has 0 unspecified atom stereocenters. The van der Waals surface area contributed by atoms with Crippen LogP contribution < -0.4 is 16.2 Å². The summed E-state index contributed by atoms with van der Waals surface area (Å²) >= 11 is 0. The molecule has 0 saturated carbocycles. The maximum absolute atomic E-state index is 14.2. The molecule has 0 radical (unpaired) electrons. The Morgan fingerprint density at radius 3 is 2.88 bits per heavy atom. The normalized spacial score (nSPS) is 14.7. The summed E-state index contributed by atoms with van der Waals surface area (Å²) in [5, 5.41) is 14.3. The third-order valence-corrected chi connectivity index (χ3v) is 5.71. The fraction of sp³-hybridized carbons (Fsp3) is 0.227. The maximum atomic E-state index is 14.2. The number of anilines is 1. The van der Waals surface area contributed by atoms with Crippen molar-refractivity contribution in [1.29, 1.82) is 5.26 Å². The van der Waals surface area contributed by atoms with Crippen LogP contribution in [0.4, 0.5) is 10.2 Å². The molecule has 4 heterocycles. The minimum Gasteiger partial charge on any atom is -0.482 e.